The molecule has 3 rings (SSSR count). The minimum atomic E-state index is 0.518. The maximum Gasteiger partial charge on any atom is 0.155 e. The Balaban J connectivity index is 1.80. The van der Waals surface area contributed by atoms with Gasteiger partial charge in [0.1, 0.15) is 0 Å². The molecule has 5 nitrogen and oxygen atoms in total. The summed E-state index contributed by atoms with van der Waals surface area (Å²) in [5, 5.41) is 15.8. The third kappa shape index (κ3) is 1.84. The van der Waals surface area contributed by atoms with Gasteiger partial charge in [-0.25, -0.2) is 4.68 Å². The van der Waals surface area contributed by atoms with Crippen LogP contribution in [0.5, 0.6) is 0 Å². The first kappa shape index (κ1) is 10.2. The third-order valence-electron chi connectivity index (χ3n) is 3.85. The predicted octanol–water partition coefficient (Wildman–Crippen LogP) is 1.26. The number of rotatable bonds is 2. The van der Waals surface area contributed by atoms with E-state index in [0.717, 1.165) is 18.9 Å². The van der Waals surface area contributed by atoms with E-state index in [1.165, 1.54) is 38.5 Å². The summed E-state index contributed by atoms with van der Waals surface area (Å²) in [4.78, 5) is 0. The molecule has 5 heteroatoms. The quantitative estimate of drug-likeness (QED) is 0.816. The van der Waals surface area contributed by atoms with Crippen LogP contribution < -0.4 is 5.32 Å². The summed E-state index contributed by atoms with van der Waals surface area (Å²) < 4.78 is 2.10. The molecule has 1 saturated carbocycles. The lowest BCUT2D eigenvalue weighted by molar-refractivity contribution is 0.386. The molecule has 1 unspecified atom stereocenters. The van der Waals surface area contributed by atoms with Crippen molar-refractivity contribution in [1.82, 2.24) is 25.5 Å². The molecule has 1 aromatic rings. The van der Waals surface area contributed by atoms with Crippen molar-refractivity contribution in [2.24, 2.45) is 0 Å². The van der Waals surface area contributed by atoms with Gasteiger partial charge in [0.05, 0.1) is 6.04 Å². The molecule has 2 fully saturated rings. The van der Waals surface area contributed by atoms with Crippen LogP contribution in [0.2, 0.25) is 0 Å². The van der Waals surface area contributed by atoms with E-state index in [9.17, 15) is 0 Å². The van der Waals surface area contributed by atoms with Crippen LogP contribution in [0.25, 0.3) is 0 Å². The Morgan fingerprint density at radius 2 is 2.00 bits per heavy atom. The van der Waals surface area contributed by atoms with Crippen LogP contribution in [0, 0.1) is 0 Å². The van der Waals surface area contributed by atoms with Crippen LogP contribution in [-0.2, 0) is 0 Å². The molecule has 1 aliphatic carbocycles. The highest BCUT2D eigenvalue weighted by molar-refractivity contribution is 4.98. The zero-order valence-corrected chi connectivity index (χ0v) is 9.60. The Kier molecular flexibility index (Phi) is 2.86. The van der Waals surface area contributed by atoms with Gasteiger partial charge in [-0.3, -0.25) is 0 Å². The van der Waals surface area contributed by atoms with Crippen LogP contribution >= 0.6 is 0 Å². The fourth-order valence-corrected chi connectivity index (χ4v) is 2.95. The van der Waals surface area contributed by atoms with Gasteiger partial charge < -0.3 is 5.32 Å². The second-order valence-electron chi connectivity index (χ2n) is 4.96. The molecule has 2 aliphatic rings. The van der Waals surface area contributed by atoms with Crippen molar-refractivity contribution in [3.05, 3.63) is 5.82 Å². The van der Waals surface area contributed by atoms with E-state index in [2.05, 4.69) is 25.5 Å². The minimum absolute atomic E-state index is 0.518. The summed E-state index contributed by atoms with van der Waals surface area (Å²) in [7, 11) is 0. The van der Waals surface area contributed by atoms with Gasteiger partial charge in [-0.05, 0) is 42.7 Å². The van der Waals surface area contributed by atoms with Gasteiger partial charge in [0, 0.05) is 12.5 Å². The zero-order chi connectivity index (χ0) is 10.8. The van der Waals surface area contributed by atoms with Crippen LogP contribution in [0.3, 0.4) is 0 Å². The standard InChI is InChI=1S/C11H19N5/c1-2-6-10(5-1)16-11(13-14-15-16)9-4-3-7-12-8-9/h9-10,12H,1-8H2. The summed E-state index contributed by atoms with van der Waals surface area (Å²) in [5.74, 6) is 1.63. The number of hydrogen-bond donors (Lipinski definition) is 1. The normalized spacial score (nSPS) is 27.4. The van der Waals surface area contributed by atoms with E-state index >= 15 is 0 Å². The second kappa shape index (κ2) is 4.49. The topological polar surface area (TPSA) is 55.6 Å². The predicted molar refractivity (Wildman–Crippen MR) is 60.2 cm³/mol. The van der Waals surface area contributed by atoms with E-state index in [1.807, 2.05) is 0 Å². The van der Waals surface area contributed by atoms with Gasteiger partial charge in [-0.2, -0.15) is 0 Å². The smallest absolute Gasteiger partial charge is 0.155 e. The Bertz CT molecular complexity index is 336. The number of nitrogens with one attached hydrogen (secondary N) is 1. The molecule has 1 N–H and O–H groups in total. The van der Waals surface area contributed by atoms with Crippen molar-refractivity contribution in [3.63, 3.8) is 0 Å². The first-order valence-electron chi connectivity index (χ1n) is 6.43. The van der Waals surface area contributed by atoms with Crippen molar-refractivity contribution in [2.45, 2.75) is 50.5 Å². The SMILES string of the molecule is C1CNCC(c2nnnn2C2CCCC2)C1. The fraction of sp³-hybridized carbons (Fsp3) is 0.909. The molecule has 2 heterocycles. The number of aromatic nitrogens is 4. The molecule has 1 aromatic heterocycles. The van der Waals surface area contributed by atoms with E-state index in [4.69, 9.17) is 0 Å². The zero-order valence-electron chi connectivity index (χ0n) is 9.60. The molecule has 1 aliphatic heterocycles. The first-order chi connectivity index (χ1) is 7.95. The highest BCUT2D eigenvalue weighted by atomic mass is 15.6. The molecule has 0 radical (unpaired) electrons. The average Bonchev–Trinajstić information content (AvgIpc) is 3.01. The van der Waals surface area contributed by atoms with Crippen molar-refractivity contribution in [1.29, 1.82) is 0 Å². The second-order valence-corrected chi connectivity index (χ2v) is 4.96. The lowest BCUT2D eigenvalue weighted by atomic mass is 9.98. The lowest BCUT2D eigenvalue weighted by Crippen LogP contribution is -2.30. The first-order valence-corrected chi connectivity index (χ1v) is 6.43. The number of tetrazole rings is 1. The largest absolute Gasteiger partial charge is 0.316 e. The maximum absolute atomic E-state index is 4.25. The summed E-state index contributed by atoms with van der Waals surface area (Å²) >= 11 is 0. The molecule has 0 bridgehead atoms. The van der Waals surface area contributed by atoms with Gasteiger partial charge in [-0.1, -0.05) is 12.8 Å². The summed E-state index contributed by atoms with van der Waals surface area (Å²) in [5.41, 5.74) is 0. The summed E-state index contributed by atoms with van der Waals surface area (Å²) in [6, 6.07) is 0.562. The third-order valence-corrected chi connectivity index (χ3v) is 3.85. The van der Waals surface area contributed by atoms with E-state index in [-0.39, 0.29) is 0 Å². The van der Waals surface area contributed by atoms with Gasteiger partial charge in [0.15, 0.2) is 5.82 Å². The summed E-state index contributed by atoms with van der Waals surface area (Å²) in [6.07, 6.45) is 7.61. The van der Waals surface area contributed by atoms with Crippen LogP contribution in [0.1, 0.15) is 56.3 Å². The molecule has 1 saturated heterocycles. The van der Waals surface area contributed by atoms with Gasteiger partial charge in [0.25, 0.3) is 0 Å². The Morgan fingerprint density at radius 1 is 1.12 bits per heavy atom. The lowest BCUT2D eigenvalue weighted by Gasteiger charge is -2.23. The van der Waals surface area contributed by atoms with Gasteiger partial charge in [0.2, 0.25) is 0 Å². The highest BCUT2D eigenvalue weighted by Crippen LogP contribution is 2.31. The highest BCUT2D eigenvalue weighted by Gasteiger charge is 2.26. The van der Waals surface area contributed by atoms with Crippen LogP contribution in [-0.4, -0.2) is 33.3 Å². The van der Waals surface area contributed by atoms with E-state index < -0.39 is 0 Å². The van der Waals surface area contributed by atoms with E-state index in [1.54, 1.807) is 0 Å². The average molecular weight is 221 g/mol. The van der Waals surface area contributed by atoms with Gasteiger partial charge in [-0.15, -0.1) is 5.10 Å². The molecule has 0 aromatic carbocycles. The number of piperidine rings is 1. The molecule has 16 heavy (non-hydrogen) atoms. The van der Waals surface area contributed by atoms with Gasteiger partial charge >= 0.3 is 0 Å². The van der Waals surface area contributed by atoms with Crippen molar-refractivity contribution >= 4 is 0 Å². The molecular weight excluding hydrogens is 202 g/mol. The Labute approximate surface area is 95.6 Å². The summed E-state index contributed by atoms with van der Waals surface area (Å²) in [6.45, 7) is 2.18. The minimum Gasteiger partial charge on any atom is -0.316 e. The molecule has 0 amide bonds. The van der Waals surface area contributed by atoms with Crippen molar-refractivity contribution in [2.75, 3.05) is 13.1 Å². The van der Waals surface area contributed by atoms with E-state index in [0.29, 0.717) is 12.0 Å². The van der Waals surface area contributed by atoms with Crippen LogP contribution in [0.4, 0.5) is 0 Å². The molecule has 88 valence electrons. The monoisotopic (exact) mass is 221 g/mol. The molecule has 0 spiro atoms. The number of hydrogen-bond acceptors (Lipinski definition) is 4. The fourth-order valence-electron chi connectivity index (χ4n) is 2.95. The van der Waals surface area contributed by atoms with Crippen LogP contribution in [0.15, 0.2) is 0 Å². The van der Waals surface area contributed by atoms with Crippen molar-refractivity contribution in [3.8, 4) is 0 Å². The molecular formula is C11H19N5. The Hall–Kier alpha value is -0.970. The molecule has 1 atom stereocenters. The Morgan fingerprint density at radius 3 is 2.75 bits per heavy atom. The number of nitrogens with zero attached hydrogens (tertiary/aromatic N) is 4. The maximum atomic E-state index is 4.25. The van der Waals surface area contributed by atoms with Crippen molar-refractivity contribution < 1.29 is 0 Å².